The normalized spacial score (nSPS) is 12.7. The van der Waals surface area contributed by atoms with Crippen molar-refractivity contribution >= 4 is 34.7 Å². The zero-order valence-corrected chi connectivity index (χ0v) is 10.4. The summed E-state index contributed by atoms with van der Waals surface area (Å²) in [6.07, 6.45) is 1.66. The molecule has 0 radical (unpaired) electrons. The third-order valence-electron chi connectivity index (χ3n) is 2.11. The molecule has 0 amide bonds. The molecule has 1 heterocycles. The van der Waals surface area contributed by atoms with Crippen LogP contribution in [-0.2, 0) is 0 Å². The highest BCUT2D eigenvalue weighted by molar-refractivity contribution is 7.05. The second kappa shape index (κ2) is 5.07. The predicted molar refractivity (Wildman–Crippen MR) is 65.5 cm³/mol. The SMILES string of the molecule is NNC(c1ccc(Cl)c(Cl)c1)c1cnns1. The highest BCUT2D eigenvalue weighted by atomic mass is 35.5. The van der Waals surface area contributed by atoms with Gasteiger partial charge in [-0.15, -0.1) is 5.10 Å². The summed E-state index contributed by atoms with van der Waals surface area (Å²) < 4.78 is 3.79. The first kappa shape index (κ1) is 11.8. The molecule has 2 rings (SSSR count). The van der Waals surface area contributed by atoms with Crippen LogP contribution in [0.4, 0.5) is 0 Å². The second-order valence-electron chi connectivity index (χ2n) is 3.09. The van der Waals surface area contributed by atoms with Crippen LogP contribution in [0.5, 0.6) is 0 Å². The molecule has 1 aromatic carbocycles. The summed E-state index contributed by atoms with van der Waals surface area (Å²) in [7, 11) is 0. The van der Waals surface area contributed by atoms with Crippen molar-refractivity contribution in [3.8, 4) is 0 Å². The molecule has 0 spiro atoms. The van der Waals surface area contributed by atoms with E-state index in [2.05, 4.69) is 15.0 Å². The van der Waals surface area contributed by atoms with Gasteiger partial charge in [0, 0.05) is 0 Å². The van der Waals surface area contributed by atoms with E-state index in [1.165, 1.54) is 11.5 Å². The first-order valence-corrected chi connectivity index (χ1v) is 5.93. The number of nitrogens with one attached hydrogen (secondary N) is 1. The number of nitrogens with zero attached hydrogens (tertiary/aromatic N) is 2. The summed E-state index contributed by atoms with van der Waals surface area (Å²) in [5, 5.41) is 4.78. The average Bonchev–Trinajstić information content (AvgIpc) is 2.78. The third-order valence-corrected chi connectivity index (χ3v) is 3.57. The molecule has 7 heteroatoms. The Kier molecular flexibility index (Phi) is 3.73. The first-order valence-electron chi connectivity index (χ1n) is 4.40. The van der Waals surface area contributed by atoms with Crippen molar-refractivity contribution in [1.82, 2.24) is 15.0 Å². The molecular weight excluding hydrogens is 267 g/mol. The maximum atomic E-state index is 5.95. The largest absolute Gasteiger partial charge is 0.271 e. The number of nitrogens with two attached hydrogens (primary N) is 1. The number of hydrazine groups is 1. The maximum absolute atomic E-state index is 5.95. The van der Waals surface area contributed by atoms with Crippen molar-refractivity contribution in [3.63, 3.8) is 0 Å². The minimum absolute atomic E-state index is 0.172. The van der Waals surface area contributed by atoms with Crippen molar-refractivity contribution in [1.29, 1.82) is 0 Å². The van der Waals surface area contributed by atoms with Gasteiger partial charge in [-0.1, -0.05) is 33.8 Å². The molecule has 0 bridgehead atoms. The van der Waals surface area contributed by atoms with Gasteiger partial charge in [0.2, 0.25) is 0 Å². The Morgan fingerprint density at radius 1 is 1.31 bits per heavy atom. The quantitative estimate of drug-likeness (QED) is 0.667. The van der Waals surface area contributed by atoms with Gasteiger partial charge in [-0.3, -0.25) is 5.84 Å². The molecule has 0 aliphatic carbocycles. The Bertz CT molecular complexity index is 474. The lowest BCUT2D eigenvalue weighted by atomic mass is 10.1. The van der Waals surface area contributed by atoms with E-state index in [0.717, 1.165) is 10.4 Å². The zero-order valence-electron chi connectivity index (χ0n) is 8.02. The van der Waals surface area contributed by atoms with Crippen LogP contribution in [0.2, 0.25) is 10.0 Å². The molecule has 0 saturated heterocycles. The van der Waals surface area contributed by atoms with Gasteiger partial charge in [0.1, 0.15) is 0 Å². The minimum atomic E-state index is -0.172. The lowest BCUT2D eigenvalue weighted by molar-refractivity contribution is 0.645. The lowest BCUT2D eigenvalue weighted by Gasteiger charge is -2.14. The Labute approximate surface area is 107 Å². The Morgan fingerprint density at radius 3 is 2.69 bits per heavy atom. The number of aromatic nitrogens is 2. The van der Waals surface area contributed by atoms with Crippen LogP contribution in [-0.4, -0.2) is 9.59 Å². The fourth-order valence-electron chi connectivity index (χ4n) is 1.34. The van der Waals surface area contributed by atoms with Crippen LogP contribution in [0.3, 0.4) is 0 Å². The first-order chi connectivity index (χ1) is 7.72. The van der Waals surface area contributed by atoms with Gasteiger partial charge in [-0.25, -0.2) is 5.43 Å². The van der Waals surface area contributed by atoms with Gasteiger partial charge in [0.25, 0.3) is 0 Å². The fourth-order valence-corrected chi connectivity index (χ4v) is 2.24. The molecule has 4 nitrogen and oxygen atoms in total. The molecule has 0 fully saturated rings. The van der Waals surface area contributed by atoms with Gasteiger partial charge in [0.15, 0.2) is 0 Å². The molecule has 0 aliphatic heterocycles. The molecule has 84 valence electrons. The molecule has 1 atom stereocenters. The summed E-state index contributed by atoms with van der Waals surface area (Å²) in [6.45, 7) is 0. The molecule has 0 saturated carbocycles. The van der Waals surface area contributed by atoms with Crippen LogP contribution >= 0.6 is 34.7 Å². The summed E-state index contributed by atoms with van der Waals surface area (Å²) >= 11 is 13.1. The number of benzene rings is 1. The Balaban J connectivity index is 2.37. The predicted octanol–water partition coefficient (Wildman–Crippen LogP) is 2.40. The van der Waals surface area contributed by atoms with Gasteiger partial charge in [-0.05, 0) is 29.2 Å². The molecular formula is C9H8Cl2N4S. The number of halogens is 2. The summed E-state index contributed by atoms with van der Waals surface area (Å²) in [6, 6.07) is 5.19. The summed E-state index contributed by atoms with van der Waals surface area (Å²) in [5.74, 6) is 5.51. The minimum Gasteiger partial charge on any atom is -0.271 e. The van der Waals surface area contributed by atoms with Crippen LogP contribution in [0.1, 0.15) is 16.5 Å². The van der Waals surface area contributed by atoms with E-state index in [9.17, 15) is 0 Å². The van der Waals surface area contributed by atoms with Crippen LogP contribution in [0.15, 0.2) is 24.4 Å². The molecule has 1 unspecified atom stereocenters. The number of rotatable bonds is 3. The Hall–Kier alpha value is -0.720. The topological polar surface area (TPSA) is 63.8 Å². The zero-order chi connectivity index (χ0) is 11.5. The maximum Gasteiger partial charge on any atom is 0.0835 e. The van der Waals surface area contributed by atoms with E-state index in [-0.39, 0.29) is 6.04 Å². The molecule has 3 N–H and O–H groups in total. The molecule has 16 heavy (non-hydrogen) atoms. The standard InChI is InChI=1S/C9H8Cl2N4S/c10-6-2-1-5(3-7(6)11)9(14-12)8-4-13-15-16-8/h1-4,9,14H,12H2. The van der Waals surface area contributed by atoms with Crippen molar-refractivity contribution in [2.75, 3.05) is 0 Å². The second-order valence-corrected chi connectivity index (χ2v) is 4.72. The fraction of sp³-hybridized carbons (Fsp3) is 0.111. The van der Waals surface area contributed by atoms with Crippen LogP contribution in [0, 0.1) is 0 Å². The van der Waals surface area contributed by atoms with Crippen molar-refractivity contribution in [2.45, 2.75) is 6.04 Å². The monoisotopic (exact) mass is 274 g/mol. The third kappa shape index (κ3) is 2.34. The van der Waals surface area contributed by atoms with E-state index in [1.807, 2.05) is 6.07 Å². The van der Waals surface area contributed by atoms with E-state index in [4.69, 9.17) is 29.0 Å². The molecule has 2 aromatic rings. The summed E-state index contributed by atoms with van der Waals surface area (Å²) in [4.78, 5) is 0.917. The van der Waals surface area contributed by atoms with Gasteiger partial charge >= 0.3 is 0 Å². The van der Waals surface area contributed by atoms with E-state index >= 15 is 0 Å². The van der Waals surface area contributed by atoms with Crippen molar-refractivity contribution < 1.29 is 0 Å². The highest BCUT2D eigenvalue weighted by Crippen LogP contribution is 2.29. The van der Waals surface area contributed by atoms with Gasteiger partial charge in [0.05, 0.1) is 27.2 Å². The average molecular weight is 275 g/mol. The van der Waals surface area contributed by atoms with Crippen LogP contribution < -0.4 is 11.3 Å². The van der Waals surface area contributed by atoms with Crippen molar-refractivity contribution in [2.24, 2.45) is 5.84 Å². The number of hydrogen-bond donors (Lipinski definition) is 2. The van der Waals surface area contributed by atoms with Crippen molar-refractivity contribution in [3.05, 3.63) is 44.9 Å². The summed E-state index contributed by atoms with van der Waals surface area (Å²) in [5.41, 5.74) is 3.62. The Morgan fingerprint density at radius 2 is 2.12 bits per heavy atom. The van der Waals surface area contributed by atoms with E-state index in [1.54, 1.807) is 18.3 Å². The number of hydrogen-bond acceptors (Lipinski definition) is 5. The molecule has 0 aliphatic rings. The van der Waals surface area contributed by atoms with Crippen LogP contribution in [0.25, 0.3) is 0 Å². The van der Waals surface area contributed by atoms with Gasteiger partial charge < -0.3 is 0 Å². The lowest BCUT2D eigenvalue weighted by Crippen LogP contribution is -2.28. The van der Waals surface area contributed by atoms with E-state index < -0.39 is 0 Å². The highest BCUT2D eigenvalue weighted by Gasteiger charge is 2.15. The van der Waals surface area contributed by atoms with Gasteiger partial charge in [-0.2, -0.15) is 0 Å². The smallest absolute Gasteiger partial charge is 0.0835 e. The molecule has 1 aromatic heterocycles. The van der Waals surface area contributed by atoms with E-state index in [0.29, 0.717) is 10.0 Å².